The highest BCUT2D eigenvalue weighted by Crippen LogP contribution is 2.32. The first kappa shape index (κ1) is 81.3. The maximum absolute atomic E-state index is 14.6. The van der Waals surface area contributed by atoms with Gasteiger partial charge in [-0.1, -0.05) is 111 Å². The van der Waals surface area contributed by atoms with Crippen LogP contribution in [0.1, 0.15) is 157 Å². The molecule has 11 atom stereocenters. The third-order valence-electron chi connectivity index (χ3n) is 19.2. The lowest BCUT2D eigenvalue weighted by molar-refractivity contribution is -0.149. The van der Waals surface area contributed by atoms with Gasteiger partial charge in [-0.3, -0.25) is 52.8 Å². The van der Waals surface area contributed by atoms with Crippen molar-refractivity contribution in [3.05, 3.63) is 65.7 Å². The summed E-state index contributed by atoms with van der Waals surface area (Å²) in [5.41, 5.74) is 7.15. The van der Waals surface area contributed by atoms with E-state index in [0.717, 1.165) is 5.56 Å². The number of amides is 8. The highest BCUT2D eigenvalue weighted by Gasteiger charge is 2.44. The number of nitrogens with two attached hydrogens (primary N) is 1. The molecular formula is C72H113N9O15. The fraction of sp³-hybridized carbons (Fsp3) is 0.681. The number of Topliss-reactive ketones (excluding diaryl/α,β-unsaturated/α-hetero) is 3. The number of hydrogen-bond acceptors (Lipinski definition) is 15. The fourth-order valence-corrected chi connectivity index (χ4v) is 13.5. The van der Waals surface area contributed by atoms with Gasteiger partial charge in [-0.05, 0) is 112 Å². The van der Waals surface area contributed by atoms with Crippen LogP contribution >= 0.6 is 0 Å². The number of rotatable bonds is 42. The highest BCUT2D eigenvalue weighted by molar-refractivity contribution is 5.98. The Morgan fingerprint density at radius 3 is 1.92 bits per heavy atom. The number of carbonyl (C=O) groups is 11. The Morgan fingerprint density at radius 1 is 0.698 bits per heavy atom. The van der Waals surface area contributed by atoms with Crippen molar-refractivity contribution in [2.75, 3.05) is 73.5 Å². The molecule has 0 spiro atoms. The number of piperidine rings is 1. The Hall–Kier alpha value is -7.15. The smallest absolute Gasteiger partial charge is 0.312 e. The molecule has 2 heterocycles. The molecule has 536 valence electrons. The van der Waals surface area contributed by atoms with Gasteiger partial charge in [0.15, 0.2) is 17.3 Å². The monoisotopic (exact) mass is 1340 g/mol. The first-order valence-corrected chi connectivity index (χ1v) is 34.5. The van der Waals surface area contributed by atoms with E-state index in [1.807, 2.05) is 90.9 Å². The Bertz CT molecular complexity index is 2860. The summed E-state index contributed by atoms with van der Waals surface area (Å²) in [6.45, 7) is 18.1. The van der Waals surface area contributed by atoms with Crippen molar-refractivity contribution in [1.82, 2.24) is 35.6 Å². The number of hydrogen-bond donors (Lipinski definition) is 6. The Morgan fingerprint density at radius 2 is 1.35 bits per heavy atom. The number of likely N-dealkylation sites (tertiary alicyclic amines) is 2. The molecule has 2 aromatic rings. The number of ether oxygens (including phenoxy) is 3. The van der Waals surface area contributed by atoms with Crippen molar-refractivity contribution in [2.45, 2.75) is 201 Å². The minimum Gasteiger partial charge on any atom is -0.481 e. The predicted molar refractivity (Wildman–Crippen MR) is 366 cm³/mol. The van der Waals surface area contributed by atoms with Crippen LogP contribution in [0.15, 0.2) is 54.6 Å². The van der Waals surface area contributed by atoms with Gasteiger partial charge in [0.05, 0.1) is 67.3 Å². The van der Waals surface area contributed by atoms with Crippen molar-refractivity contribution in [3.63, 3.8) is 0 Å². The van der Waals surface area contributed by atoms with Crippen molar-refractivity contribution < 1.29 is 72.1 Å². The molecule has 24 nitrogen and oxygen atoms in total. The van der Waals surface area contributed by atoms with E-state index >= 15 is 0 Å². The average molecular weight is 1340 g/mol. The molecular weight excluding hydrogens is 1230 g/mol. The molecule has 2 saturated heterocycles. The minimum absolute atomic E-state index is 0.000326. The SMILES string of the molecule is CC[C@H](C)[C@@H]([C@@H](CC(=O)N1CCC[C@H]1[C@H](OC)[C@@H](C)C(=O)N[C@@H](Cc1ccccc1)C(=O)COCc1ccc(NC(=O)[C@@H](CCCNC(N)=O)CC(=O)[C@H](NC(=O)CCCC(=O)N2CCC(C(=O)O)CC2)C(C)C)cc1)OC)N(C)C(=O)[C@@H](CC(=O)[C@H](C(C)C)N(C)C)C(C)C. The van der Waals surface area contributed by atoms with Gasteiger partial charge in [0.25, 0.3) is 0 Å². The van der Waals surface area contributed by atoms with Crippen LogP contribution in [0.25, 0.3) is 0 Å². The fourth-order valence-electron chi connectivity index (χ4n) is 13.5. The second-order valence-electron chi connectivity index (χ2n) is 27.6. The molecule has 0 bridgehead atoms. The second-order valence-corrected chi connectivity index (χ2v) is 27.6. The van der Waals surface area contributed by atoms with Crippen LogP contribution in [0.5, 0.6) is 0 Å². The summed E-state index contributed by atoms with van der Waals surface area (Å²) in [5, 5.41) is 20.5. The molecule has 2 aromatic carbocycles. The summed E-state index contributed by atoms with van der Waals surface area (Å²) in [4.78, 5) is 155. The number of anilines is 1. The lowest BCUT2D eigenvalue weighted by atomic mass is 9.83. The van der Waals surface area contributed by atoms with E-state index in [0.29, 0.717) is 69.4 Å². The number of carboxylic acid groups (broad SMARTS) is 1. The van der Waals surface area contributed by atoms with E-state index in [2.05, 4.69) is 21.3 Å². The zero-order valence-electron chi connectivity index (χ0n) is 59.5. The first-order chi connectivity index (χ1) is 45.4. The van der Waals surface area contributed by atoms with Gasteiger partial charge < -0.3 is 61.0 Å². The zero-order chi connectivity index (χ0) is 71.5. The lowest BCUT2D eigenvalue weighted by Gasteiger charge is -2.41. The molecule has 4 rings (SSSR count). The van der Waals surface area contributed by atoms with Crippen LogP contribution in [0.3, 0.4) is 0 Å². The third kappa shape index (κ3) is 25.1. The number of nitrogens with zero attached hydrogens (tertiary/aromatic N) is 4. The normalized spacial score (nSPS) is 17.5. The van der Waals surface area contributed by atoms with Gasteiger partial charge in [0.1, 0.15) is 6.61 Å². The molecule has 0 saturated carbocycles. The number of ketones is 3. The minimum atomic E-state index is -1.000. The molecule has 0 unspecified atom stereocenters. The first-order valence-electron chi connectivity index (χ1n) is 34.5. The summed E-state index contributed by atoms with van der Waals surface area (Å²) in [5.74, 6) is -6.72. The van der Waals surface area contributed by atoms with E-state index in [9.17, 15) is 57.8 Å². The van der Waals surface area contributed by atoms with Gasteiger partial charge >= 0.3 is 12.0 Å². The molecule has 24 heteroatoms. The zero-order valence-corrected chi connectivity index (χ0v) is 59.5. The molecule has 0 aliphatic carbocycles. The van der Waals surface area contributed by atoms with Gasteiger partial charge in [0, 0.05) is 90.7 Å². The maximum atomic E-state index is 14.6. The molecule has 0 radical (unpaired) electrons. The van der Waals surface area contributed by atoms with Crippen LogP contribution in [-0.4, -0.2) is 200 Å². The molecule has 2 aliphatic heterocycles. The number of urea groups is 1. The number of primary amides is 1. The summed E-state index contributed by atoms with van der Waals surface area (Å²) in [6, 6.07) is 12.0. The average Bonchev–Trinajstić information content (AvgIpc) is 1.41. The summed E-state index contributed by atoms with van der Waals surface area (Å²) in [6.07, 6.45) is 2.03. The van der Waals surface area contributed by atoms with Crippen LogP contribution in [0.4, 0.5) is 10.5 Å². The van der Waals surface area contributed by atoms with E-state index in [1.165, 1.54) is 7.11 Å². The number of benzene rings is 2. The molecule has 0 aromatic heterocycles. The quantitative estimate of drug-likeness (QED) is 0.0371. The van der Waals surface area contributed by atoms with E-state index < -0.39 is 89.8 Å². The van der Waals surface area contributed by atoms with Gasteiger partial charge in [-0.2, -0.15) is 0 Å². The number of carboxylic acids is 1. The number of carbonyl (C=O) groups excluding carboxylic acids is 10. The largest absolute Gasteiger partial charge is 0.481 e. The van der Waals surface area contributed by atoms with E-state index in [-0.39, 0.29) is 136 Å². The number of nitrogens with one attached hydrogen (secondary N) is 4. The van der Waals surface area contributed by atoms with E-state index in [1.54, 1.807) is 73.9 Å². The predicted octanol–water partition coefficient (Wildman–Crippen LogP) is 6.83. The van der Waals surface area contributed by atoms with Gasteiger partial charge in [0.2, 0.25) is 35.4 Å². The highest BCUT2D eigenvalue weighted by atomic mass is 16.5. The van der Waals surface area contributed by atoms with Crippen molar-refractivity contribution >= 4 is 70.5 Å². The second kappa shape index (κ2) is 40.5. The Kier molecular flexibility index (Phi) is 34.3. The molecule has 7 N–H and O–H groups in total. The van der Waals surface area contributed by atoms with Gasteiger partial charge in [-0.25, -0.2) is 4.79 Å². The number of methoxy groups -OCH3 is 2. The molecule has 96 heavy (non-hydrogen) atoms. The topological polar surface area (TPSA) is 323 Å². The van der Waals surface area contributed by atoms with Crippen LogP contribution < -0.4 is 27.0 Å². The number of aliphatic carboxylic acids is 1. The van der Waals surface area contributed by atoms with Crippen molar-refractivity contribution in [1.29, 1.82) is 0 Å². The van der Waals surface area contributed by atoms with Crippen molar-refractivity contribution in [2.24, 2.45) is 53.1 Å². The lowest BCUT2D eigenvalue weighted by Crippen LogP contribution is -2.55. The Balaban J connectivity index is 1.40. The van der Waals surface area contributed by atoms with Crippen LogP contribution in [0.2, 0.25) is 0 Å². The van der Waals surface area contributed by atoms with Crippen LogP contribution in [0, 0.1) is 47.3 Å². The molecule has 2 aliphatic rings. The summed E-state index contributed by atoms with van der Waals surface area (Å²) in [7, 11) is 8.54. The Labute approximate surface area is 569 Å². The van der Waals surface area contributed by atoms with Gasteiger partial charge in [-0.15, -0.1) is 0 Å². The molecule has 8 amide bonds. The van der Waals surface area contributed by atoms with Crippen LogP contribution in [-0.2, 0) is 75.2 Å². The number of likely N-dealkylation sites (N-methyl/N-ethyl adjacent to an activating group) is 2. The van der Waals surface area contributed by atoms with E-state index in [4.69, 9.17) is 19.9 Å². The standard InChI is InChI=1S/C72H113N9O15/c1-15-47(8)66(79(12)70(90)54(44(2)3)40-58(83)65(46(6)7)78(10)11)60(94-13)41-63(87)81-35-21-25-56(81)67(95-14)48(9)68(88)76-55(38-49-22-17-16-18-23-49)59(84)43-96-42-50-28-30-53(31-29-50)75-69(89)52(24-20-34-74-72(73)93)39-57(82)64(45(4)5)77-61(85)26-19-27-62(86)80-36-32-51(33-37-80)71(91)92/h16-18,22-23,28-31,44-48,51-52,54-56,60,64-67H,15,19-21,24-27,32-43H2,1-14H3,(H,75,89)(H,76,88)(H,77,85)(H,91,92)(H3,73,74,93)/t47-,48+,52-,54-,55-,56-,60+,64+,65-,66-,67+/m0/s1. The summed E-state index contributed by atoms with van der Waals surface area (Å²) >= 11 is 0. The third-order valence-corrected chi connectivity index (χ3v) is 19.2. The summed E-state index contributed by atoms with van der Waals surface area (Å²) < 4.78 is 18.2. The molecule has 2 fully saturated rings. The maximum Gasteiger partial charge on any atom is 0.312 e. The van der Waals surface area contributed by atoms with Crippen molar-refractivity contribution in [3.8, 4) is 0 Å².